The average molecular weight is 305 g/mol. The van der Waals surface area contributed by atoms with Gasteiger partial charge >= 0.3 is 0 Å². The number of piperidine rings is 1. The van der Waals surface area contributed by atoms with Crippen molar-refractivity contribution in [3.63, 3.8) is 0 Å². The molecule has 1 heterocycles. The van der Waals surface area contributed by atoms with Gasteiger partial charge in [-0.05, 0) is 31.5 Å². The Hall–Kier alpha value is -0.620. The monoisotopic (exact) mass is 304 g/mol. The van der Waals surface area contributed by atoms with Gasteiger partial charge in [0.1, 0.15) is 0 Å². The highest BCUT2D eigenvalue weighted by Crippen LogP contribution is 2.32. The van der Waals surface area contributed by atoms with Crippen molar-refractivity contribution in [2.45, 2.75) is 18.3 Å². The van der Waals surface area contributed by atoms with Gasteiger partial charge in [0.05, 0.1) is 6.26 Å². The molecule has 0 spiro atoms. The van der Waals surface area contributed by atoms with Crippen LogP contribution in [-0.4, -0.2) is 34.3 Å². The van der Waals surface area contributed by atoms with E-state index in [4.69, 9.17) is 0 Å². The van der Waals surface area contributed by atoms with Gasteiger partial charge in [-0.3, -0.25) is 0 Å². The van der Waals surface area contributed by atoms with Crippen LogP contribution in [0.15, 0.2) is 30.3 Å². The highest BCUT2D eigenvalue weighted by molar-refractivity contribution is 7.88. The molecule has 0 atom stereocenters. The van der Waals surface area contributed by atoms with Crippen LogP contribution in [0, 0.1) is 0 Å². The number of benzene rings is 1. The maximum atomic E-state index is 11.3. The predicted molar refractivity (Wildman–Crippen MR) is 80.3 cm³/mol. The van der Waals surface area contributed by atoms with Gasteiger partial charge in [-0.1, -0.05) is 30.3 Å². The molecule has 0 unspecified atom stereocenters. The smallest absolute Gasteiger partial charge is 0.208 e. The van der Waals surface area contributed by atoms with Crippen LogP contribution in [0.4, 0.5) is 0 Å². The van der Waals surface area contributed by atoms with Gasteiger partial charge < -0.3 is 5.32 Å². The molecule has 0 saturated carbocycles. The molecule has 0 radical (unpaired) electrons. The fourth-order valence-electron chi connectivity index (χ4n) is 2.53. The Labute approximate surface area is 121 Å². The first kappa shape index (κ1) is 16.4. The second kappa shape index (κ2) is 6.70. The summed E-state index contributed by atoms with van der Waals surface area (Å²) in [6, 6.07) is 10.2. The summed E-state index contributed by atoms with van der Waals surface area (Å²) in [4.78, 5) is 0. The summed E-state index contributed by atoms with van der Waals surface area (Å²) in [5.41, 5.74) is 1.15. The zero-order chi connectivity index (χ0) is 13.1. The van der Waals surface area contributed by atoms with Crippen molar-refractivity contribution < 1.29 is 8.42 Å². The molecule has 19 heavy (non-hydrogen) atoms. The molecule has 4 nitrogen and oxygen atoms in total. The number of hydrogen-bond acceptors (Lipinski definition) is 3. The standard InChI is InChI=1S/C13H20N2O2S.ClH/c1-18(16,17)15-11-13(7-9-14-10-8-13)12-5-3-2-4-6-12;/h2-6,14-15H,7-11H2,1H3;1H. The van der Waals surface area contributed by atoms with E-state index in [1.807, 2.05) is 18.2 Å². The largest absolute Gasteiger partial charge is 0.317 e. The van der Waals surface area contributed by atoms with Crippen molar-refractivity contribution in [2.24, 2.45) is 0 Å². The summed E-state index contributed by atoms with van der Waals surface area (Å²) < 4.78 is 25.3. The zero-order valence-electron chi connectivity index (χ0n) is 11.1. The molecule has 0 bridgehead atoms. The van der Waals surface area contributed by atoms with E-state index < -0.39 is 10.0 Å². The molecule has 1 saturated heterocycles. The third-order valence-electron chi connectivity index (χ3n) is 3.62. The van der Waals surface area contributed by atoms with Gasteiger partial charge in [0.25, 0.3) is 0 Å². The Morgan fingerprint density at radius 1 is 1.21 bits per heavy atom. The fraction of sp³-hybridized carbons (Fsp3) is 0.538. The van der Waals surface area contributed by atoms with Crippen molar-refractivity contribution in [3.8, 4) is 0 Å². The van der Waals surface area contributed by atoms with E-state index in [1.165, 1.54) is 11.8 Å². The minimum Gasteiger partial charge on any atom is -0.317 e. The maximum absolute atomic E-state index is 11.3. The third kappa shape index (κ3) is 4.45. The minimum absolute atomic E-state index is 0. The van der Waals surface area contributed by atoms with Gasteiger partial charge in [-0.2, -0.15) is 0 Å². The number of halogens is 1. The normalized spacial score (nSPS) is 18.6. The van der Waals surface area contributed by atoms with Crippen LogP contribution in [0.25, 0.3) is 0 Å². The van der Waals surface area contributed by atoms with Gasteiger partial charge in [-0.25, -0.2) is 13.1 Å². The molecule has 1 aliphatic heterocycles. The molecule has 6 heteroatoms. The molecule has 0 aromatic heterocycles. The molecular weight excluding hydrogens is 284 g/mol. The number of hydrogen-bond donors (Lipinski definition) is 2. The van der Waals surface area contributed by atoms with Crippen molar-refractivity contribution in [1.29, 1.82) is 0 Å². The summed E-state index contributed by atoms with van der Waals surface area (Å²) in [6.45, 7) is 2.35. The van der Waals surface area contributed by atoms with Gasteiger partial charge in [-0.15, -0.1) is 12.4 Å². The molecule has 1 aliphatic rings. The fourth-order valence-corrected chi connectivity index (χ4v) is 3.07. The Kier molecular flexibility index (Phi) is 5.80. The van der Waals surface area contributed by atoms with Crippen LogP contribution < -0.4 is 10.0 Å². The number of rotatable bonds is 4. The van der Waals surface area contributed by atoms with Crippen LogP contribution in [0.2, 0.25) is 0 Å². The highest BCUT2D eigenvalue weighted by Gasteiger charge is 2.34. The maximum Gasteiger partial charge on any atom is 0.208 e. The lowest BCUT2D eigenvalue weighted by molar-refractivity contribution is 0.307. The average Bonchev–Trinajstić information content (AvgIpc) is 2.38. The molecule has 2 N–H and O–H groups in total. The summed E-state index contributed by atoms with van der Waals surface area (Å²) >= 11 is 0. The molecule has 1 fully saturated rings. The lowest BCUT2D eigenvalue weighted by Gasteiger charge is -2.38. The van der Waals surface area contributed by atoms with E-state index >= 15 is 0 Å². The summed E-state index contributed by atoms with van der Waals surface area (Å²) in [5, 5.41) is 3.33. The van der Waals surface area contributed by atoms with Crippen LogP contribution >= 0.6 is 12.4 Å². The molecule has 2 rings (SSSR count). The van der Waals surface area contributed by atoms with Crippen molar-refractivity contribution in [1.82, 2.24) is 10.0 Å². The number of sulfonamides is 1. The lowest BCUT2D eigenvalue weighted by atomic mass is 9.73. The third-order valence-corrected chi connectivity index (χ3v) is 4.29. The molecule has 1 aromatic carbocycles. The second-order valence-corrected chi connectivity index (χ2v) is 6.82. The second-order valence-electron chi connectivity index (χ2n) is 4.99. The summed E-state index contributed by atoms with van der Waals surface area (Å²) in [6.07, 6.45) is 3.13. The Bertz CT molecular complexity index is 485. The van der Waals surface area contributed by atoms with E-state index in [9.17, 15) is 8.42 Å². The Morgan fingerprint density at radius 3 is 2.32 bits per heavy atom. The van der Waals surface area contributed by atoms with Crippen molar-refractivity contribution >= 4 is 22.4 Å². The number of nitrogens with one attached hydrogen (secondary N) is 2. The molecule has 0 aliphatic carbocycles. The topological polar surface area (TPSA) is 58.2 Å². The van der Waals surface area contributed by atoms with Crippen LogP contribution in [0.1, 0.15) is 18.4 Å². The van der Waals surface area contributed by atoms with Crippen LogP contribution in [0.5, 0.6) is 0 Å². The predicted octanol–water partition coefficient (Wildman–Crippen LogP) is 1.28. The van der Waals surface area contributed by atoms with E-state index in [2.05, 4.69) is 22.2 Å². The zero-order valence-corrected chi connectivity index (χ0v) is 12.7. The quantitative estimate of drug-likeness (QED) is 0.881. The molecular formula is C13H21ClN2O2S. The van der Waals surface area contributed by atoms with Crippen molar-refractivity contribution in [2.75, 3.05) is 25.9 Å². The molecule has 108 valence electrons. The van der Waals surface area contributed by atoms with Gasteiger partial charge in [0.15, 0.2) is 0 Å². The summed E-state index contributed by atoms with van der Waals surface area (Å²) in [7, 11) is -3.14. The SMILES string of the molecule is CS(=O)(=O)NCC1(c2ccccc2)CCNCC1.Cl. The highest BCUT2D eigenvalue weighted by atomic mass is 35.5. The van der Waals surface area contributed by atoms with E-state index in [-0.39, 0.29) is 17.8 Å². The van der Waals surface area contributed by atoms with E-state index in [0.717, 1.165) is 25.9 Å². The first-order chi connectivity index (χ1) is 8.52. The van der Waals surface area contributed by atoms with Crippen LogP contribution in [0.3, 0.4) is 0 Å². The van der Waals surface area contributed by atoms with Gasteiger partial charge in [0, 0.05) is 12.0 Å². The lowest BCUT2D eigenvalue weighted by Crippen LogP contribution is -2.47. The molecule has 0 amide bonds. The minimum atomic E-state index is -3.14. The van der Waals surface area contributed by atoms with E-state index in [0.29, 0.717) is 6.54 Å². The first-order valence-corrected chi connectivity index (χ1v) is 8.12. The summed E-state index contributed by atoms with van der Waals surface area (Å²) in [5.74, 6) is 0. The van der Waals surface area contributed by atoms with Gasteiger partial charge in [0.2, 0.25) is 10.0 Å². The Morgan fingerprint density at radius 2 is 1.79 bits per heavy atom. The Balaban J connectivity index is 0.00000180. The molecule has 1 aromatic rings. The van der Waals surface area contributed by atoms with E-state index in [1.54, 1.807) is 0 Å². The van der Waals surface area contributed by atoms with Crippen LogP contribution in [-0.2, 0) is 15.4 Å². The van der Waals surface area contributed by atoms with Crippen molar-refractivity contribution in [3.05, 3.63) is 35.9 Å². The first-order valence-electron chi connectivity index (χ1n) is 6.23.